The normalized spacial score (nSPS) is 9.33. The molecule has 0 unspecified atom stereocenters. The monoisotopic (exact) mass is 299 g/mol. The van der Waals surface area contributed by atoms with Gasteiger partial charge in [0.05, 0.1) is 11.6 Å². The van der Waals surface area contributed by atoms with Crippen LogP contribution in [0.3, 0.4) is 0 Å². The molecule has 79 valence electrons. The van der Waals surface area contributed by atoms with Crippen LogP contribution < -0.4 is 0 Å². The molecule has 6 heteroatoms. The number of hydrogen-bond donors (Lipinski definition) is 0. The number of nitrogens with zero attached hydrogens (tertiary/aromatic N) is 2. The molecule has 0 aliphatic rings. The van der Waals surface area contributed by atoms with E-state index >= 15 is 0 Å². The zero-order valence-corrected chi connectivity index (χ0v) is 12.2. The van der Waals surface area contributed by atoms with Crippen molar-refractivity contribution in [1.82, 2.24) is 0 Å². The molecule has 0 fully saturated rings. The second-order valence-corrected chi connectivity index (χ2v) is 4.08. The van der Waals surface area contributed by atoms with Crippen LogP contribution in [0.1, 0.15) is 5.56 Å². The molecular weight excluding hydrogens is 289 g/mol. The minimum Gasteiger partial charge on any atom is -0.547 e. The van der Waals surface area contributed by atoms with Crippen LogP contribution >= 0.6 is 0 Å². The van der Waals surface area contributed by atoms with Gasteiger partial charge in [0.2, 0.25) is 0 Å². The first-order valence-electron chi connectivity index (χ1n) is 3.46. The van der Waals surface area contributed by atoms with E-state index in [2.05, 4.69) is 4.72 Å². The van der Waals surface area contributed by atoms with Crippen LogP contribution in [0.25, 0.3) is 4.72 Å². The van der Waals surface area contributed by atoms with Crippen LogP contribution in [0.5, 0.6) is 0 Å². The molecule has 0 amide bonds. The maximum absolute atomic E-state index is 11.2. The van der Waals surface area contributed by atoms with Gasteiger partial charge in [-0.25, -0.2) is 8.42 Å². The molecule has 0 N–H and O–H groups in total. The minimum atomic E-state index is -3.56. The first-order chi connectivity index (χ1) is 6.10. The Morgan fingerprint density at radius 3 is 2.47 bits per heavy atom. The van der Waals surface area contributed by atoms with Gasteiger partial charge in [0.1, 0.15) is 10.0 Å². The molecule has 1 aromatic rings. The number of nitriles is 1. The maximum Gasteiger partial charge on any atom is 0.101 e. The van der Waals surface area contributed by atoms with Crippen LogP contribution in [0, 0.1) is 18.8 Å². The van der Waals surface area contributed by atoms with Crippen molar-refractivity contribution in [3.8, 4) is 6.07 Å². The third kappa shape index (κ3) is 4.39. The van der Waals surface area contributed by atoms with E-state index in [1.54, 1.807) is 0 Å². The van der Waals surface area contributed by atoms with Crippen molar-refractivity contribution in [3.63, 3.8) is 0 Å². The fourth-order valence-corrected chi connectivity index (χ4v) is 1.57. The van der Waals surface area contributed by atoms with Gasteiger partial charge in [-0.05, 0) is 18.2 Å². The third-order valence-electron chi connectivity index (χ3n) is 1.50. The van der Waals surface area contributed by atoms with E-state index < -0.39 is 10.0 Å². The van der Waals surface area contributed by atoms with E-state index in [4.69, 9.17) is 5.26 Å². The Morgan fingerprint density at radius 1 is 1.40 bits per heavy atom. The Kier molecular flexibility index (Phi) is 8.08. The van der Waals surface area contributed by atoms with Crippen LogP contribution in [0.4, 0.5) is 0 Å². The number of sulfonamides is 1. The van der Waals surface area contributed by atoms with Crippen molar-refractivity contribution < 1.29 is 41.1 Å². The Bertz CT molecular complexity index is 451. The summed E-state index contributed by atoms with van der Waals surface area (Å²) in [5.41, 5.74) is 0.310. The fraction of sp³-hybridized carbons (Fsp3) is 0.111. The second kappa shape index (κ2) is 7.07. The summed E-state index contributed by atoms with van der Waals surface area (Å²) in [7, 11) is -2.35. The number of benzene rings is 1. The van der Waals surface area contributed by atoms with Crippen molar-refractivity contribution in [3.05, 3.63) is 42.0 Å². The molecule has 15 heavy (non-hydrogen) atoms. The van der Waals surface area contributed by atoms with Crippen LogP contribution in [0.15, 0.2) is 29.2 Å². The van der Waals surface area contributed by atoms with Crippen molar-refractivity contribution in [1.29, 1.82) is 5.26 Å². The second-order valence-electron chi connectivity index (χ2n) is 2.30. The van der Waals surface area contributed by atoms with E-state index in [-0.39, 0.29) is 45.0 Å². The van der Waals surface area contributed by atoms with E-state index in [0.717, 1.165) is 0 Å². The molecule has 0 heterocycles. The molecule has 1 aromatic carbocycles. The topological polar surface area (TPSA) is 72.0 Å². The SMILES string of the molecule is C[N-]S(=O)(=O)c1cccc(C#N)c1.[CH3-].[Y]. The molecule has 1 rings (SSSR count). The molecule has 0 aliphatic heterocycles. The first kappa shape index (κ1) is 17.1. The van der Waals surface area contributed by atoms with E-state index in [9.17, 15) is 8.42 Å². The predicted molar refractivity (Wildman–Crippen MR) is 54.0 cm³/mol. The van der Waals surface area contributed by atoms with Gasteiger partial charge in [0.25, 0.3) is 0 Å². The molecule has 4 nitrogen and oxygen atoms in total. The third-order valence-corrected chi connectivity index (χ3v) is 2.83. The van der Waals surface area contributed by atoms with Gasteiger partial charge in [-0.3, -0.25) is 0 Å². The molecule has 0 saturated heterocycles. The van der Waals surface area contributed by atoms with Gasteiger partial charge < -0.3 is 12.1 Å². The summed E-state index contributed by atoms with van der Waals surface area (Å²) in [6.07, 6.45) is 0. The molecule has 0 bridgehead atoms. The summed E-state index contributed by atoms with van der Waals surface area (Å²) in [6, 6.07) is 7.60. The van der Waals surface area contributed by atoms with Crippen molar-refractivity contribution in [2.75, 3.05) is 7.05 Å². The van der Waals surface area contributed by atoms with E-state index in [0.29, 0.717) is 5.56 Å². The quantitative estimate of drug-likeness (QED) is 0.780. The smallest absolute Gasteiger partial charge is 0.101 e. The Morgan fingerprint density at radius 2 is 2.00 bits per heavy atom. The average molecular weight is 299 g/mol. The van der Waals surface area contributed by atoms with Gasteiger partial charge in [-0.2, -0.15) is 12.3 Å². The summed E-state index contributed by atoms with van der Waals surface area (Å²) in [5, 5.41) is 8.53. The predicted octanol–water partition coefficient (Wildman–Crippen LogP) is 1.70. The standard InChI is InChI=1S/C8H7N2O2S.CH3.Y/c1-10-13(11,12)8-4-2-3-7(5-8)6-9;;/h2-5H,1H3;1H3;/q2*-1;. The van der Waals surface area contributed by atoms with Crippen molar-refractivity contribution >= 4 is 10.0 Å². The number of hydrogen-bond acceptors (Lipinski definition) is 3. The van der Waals surface area contributed by atoms with Crippen molar-refractivity contribution in [2.24, 2.45) is 0 Å². The maximum atomic E-state index is 11.2. The van der Waals surface area contributed by atoms with Crippen LogP contribution in [0.2, 0.25) is 0 Å². The van der Waals surface area contributed by atoms with Crippen LogP contribution in [-0.4, -0.2) is 15.5 Å². The Labute approximate surface area is 116 Å². The molecule has 0 spiro atoms. The van der Waals surface area contributed by atoms with Gasteiger partial charge in [0.15, 0.2) is 0 Å². The molecule has 1 radical (unpaired) electrons. The molecule has 0 saturated carbocycles. The van der Waals surface area contributed by atoms with Crippen molar-refractivity contribution in [2.45, 2.75) is 4.90 Å². The number of rotatable bonds is 2. The summed E-state index contributed by atoms with van der Waals surface area (Å²) < 4.78 is 25.6. The van der Waals surface area contributed by atoms with Gasteiger partial charge >= 0.3 is 0 Å². The average Bonchev–Trinajstić information content (AvgIpc) is 2.18. The molecule has 0 aromatic heterocycles. The molecular formula is C9H10N2O2SY-2. The molecule has 0 aliphatic carbocycles. The summed E-state index contributed by atoms with van der Waals surface area (Å²) >= 11 is 0. The Hall–Kier alpha value is -0.276. The first-order valence-corrected chi connectivity index (χ1v) is 4.90. The zero-order chi connectivity index (χ0) is 9.90. The summed E-state index contributed by atoms with van der Waals surface area (Å²) in [5.74, 6) is 0. The minimum absolute atomic E-state index is 0. The fourth-order valence-electron chi connectivity index (χ4n) is 0.832. The zero-order valence-electron chi connectivity index (χ0n) is 8.51. The van der Waals surface area contributed by atoms with Crippen LogP contribution in [-0.2, 0) is 42.7 Å². The van der Waals surface area contributed by atoms with Gasteiger partial charge in [-0.15, -0.1) is 0 Å². The summed E-state index contributed by atoms with van der Waals surface area (Å²) in [6.45, 7) is 0. The summed E-state index contributed by atoms with van der Waals surface area (Å²) in [4.78, 5) is 0.0500. The van der Waals surface area contributed by atoms with Gasteiger partial charge in [-0.1, -0.05) is 6.07 Å². The Balaban J connectivity index is 0. The van der Waals surface area contributed by atoms with Gasteiger partial charge in [0, 0.05) is 37.6 Å². The van der Waals surface area contributed by atoms with E-state index in [1.165, 1.54) is 31.3 Å². The largest absolute Gasteiger partial charge is 0.547 e. The van der Waals surface area contributed by atoms with E-state index in [1.807, 2.05) is 6.07 Å². The molecule has 0 atom stereocenters.